The van der Waals surface area contributed by atoms with E-state index < -0.39 is 0 Å². The van der Waals surface area contributed by atoms with Gasteiger partial charge in [0.1, 0.15) is 19.0 Å². The normalized spacial score (nSPS) is 9.89. The van der Waals surface area contributed by atoms with Crippen LogP contribution in [0.1, 0.15) is 12.5 Å². The van der Waals surface area contributed by atoms with E-state index in [2.05, 4.69) is 39.1 Å². The Balaban J connectivity index is 2.68. The van der Waals surface area contributed by atoms with Gasteiger partial charge in [-0.05, 0) is 29.8 Å². The smallest absolute Gasteiger partial charge is 0.318 e. The van der Waals surface area contributed by atoms with Crippen molar-refractivity contribution < 1.29 is 9.47 Å². The molecule has 0 spiro atoms. The molecule has 0 atom stereocenters. The molecule has 0 radical (unpaired) electrons. The quantitative estimate of drug-likeness (QED) is 0.437. The Morgan fingerprint density at radius 2 is 2.11 bits per heavy atom. The fraction of sp³-hybridized carbons (Fsp3) is 0.385. The van der Waals surface area contributed by atoms with Gasteiger partial charge in [-0.2, -0.15) is 4.98 Å². The Hall–Kier alpha value is -1.56. The van der Waals surface area contributed by atoms with Gasteiger partial charge in [0.05, 0.1) is 10.4 Å². The number of rotatable bonds is 7. The first-order valence-corrected chi connectivity index (χ1v) is 6.54. The van der Waals surface area contributed by atoms with Crippen LogP contribution in [-0.2, 0) is 4.74 Å². The van der Waals surface area contributed by atoms with Gasteiger partial charge in [0.15, 0.2) is 0 Å². The summed E-state index contributed by atoms with van der Waals surface area (Å²) in [7, 11) is 1.86. The second-order valence-corrected chi connectivity index (χ2v) is 4.91. The van der Waals surface area contributed by atoms with E-state index in [0.717, 1.165) is 11.4 Å². The molecule has 1 rings (SSSR count). The Morgan fingerprint density at radius 1 is 1.42 bits per heavy atom. The number of hydrogen-bond acceptors (Lipinski definition) is 5. The zero-order valence-electron chi connectivity index (χ0n) is 11.4. The molecule has 0 aromatic carbocycles. The summed E-state index contributed by atoms with van der Waals surface area (Å²) < 4.78 is 11.3. The van der Waals surface area contributed by atoms with E-state index in [0.29, 0.717) is 29.6 Å². The van der Waals surface area contributed by atoms with Gasteiger partial charge >= 0.3 is 6.01 Å². The summed E-state index contributed by atoms with van der Waals surface area (Å²) in [5, 5.41) is 0. The summed E-state index contributed by atoms with van der Waals surface area (Å²) in [6.45, 7) is 12.0. The Kier molecular flexibility index (Phi) is 5.82. The maximum atomic E-state index is 5.42. The number of aryl methyl sites for hydroxylation is 1. The number of ether oxygens (including phenoxy) is 2. The summed E-state index contributed by atoms with van der Waals surface area (Å²) in [5.74, 6) is 1.40. The molecule has 1 aromatic rings. The fourth-order valence-corrected chi connectivity index (χ4v) is 1.46. The van der Waals surface area contributed by atoms with E-state index in [1.54, 1.807) is 13.1 Å². The number of nitrogens with zero attached hydrogens (tertiary/aromatic N) is 3. The summed E-state index contributed by atoms with van der Waals surface area (Å²) in [4.78, 5) is 10.3. The highest BCUT2D eigenvalue weighted by Gasteiger charge is 2.10. The van der Waals surface area contributed by atoms with Gasteiger partial charge < -0.3 is 14.4 Å². The third-order valence-electron chi connectivity index (χ3n) is 2.27. The van der Waals surface area contributed by atoms with Crippen molar-refractivity contribution >= 4 is 21.7 Å². The number of hydrogen-bond donors (Lipinski definition) is 0. The number of halogens is 1. The molecule has 0 saturated carbocycles. The third kappa shape index (κ3) is 4.90. The SMILES string of the molecule is C=C(C)OCCOc1ncc(C)c(N(C)C(=C)Br)n1. The third-order valence-corrected chi connectivity index (χ3v) is 2.80. The lowest BCUT2D eigenvalue weighted by atomic mass is 10.3. The maximum absolute atomic E-state index is 5.42. The average molecular weight is 328 g/mol. The Morgan fingerprint density at radius 3 is 2.68 bits per heavy atom. The molecule has 6 heteroatoms. The van der Waals surface area contributed by atoms with Crippen LogP contribution in [0.15, 0.2) is 29.7 Å². The van der Waals surface area contributed by atoms with E-state index in [9.17, 15) is 0 Å². The van der Waals surface area contributed by atoms with Crippen molar-refractivity contribution in [2.24, 2.45) is 0 Å². The molecule has 0 aliphatic carbocycles. The molecular formula is C13H18BrN3O2. The van der Waals surface area contributed by atoms with Crippen LogP contribution in [-0.4, -0.2) is 30.2 Å². The minimum absolute atomic E-state index is 0.312. The molecule has 0 amide bonds. The molecule has 19 heavy (non-hydrogen) atoms. The first-order chi connectivity index (χ1) is 8.91. The molecule has 0 N–H and O–H groups in total. The predicted octanol–water partition coefficient (Wildman–Crippen LogP) is 3.02. The molecule has 1 heterocycles. The van der Waals surface area contributed by atoms with E-state index in [1.807, 2.05) is 18.9 Å². The second kappa shape index (κ2) is 7.13. The lowest BCUT2D eigenvalue weighted by Crippen LogP contribution is -2.16. The van der Waals surface area contributed by atoms with Gasteiger partial charge in [-0.3, -0.25) is 0 Å². The molecule has 0 saturated heterocycles. The van der Waals surface area contributed by atoms with Crippen LogP contribution in [0.4, 0.5) is 5.82 Å². The molecule has 0 aliphatic heterocycles. The molecule has 0 fully saturated rings. The van der Waals surface area contributed by atoms with Gasteiger partial charge in [0.2, 0.25) is 0 Å². The van der Waals surface area contributed by atoms with Gasteiger partial charge in [0, 0.05) is 18.8 Å². The van der Waals surface area contributed by atoms with Crippen molar-refractivity contribution in [1.29, 1.82) is 0 Å². The average Bonchev–Trinajstić information content (AvgIpc) is 2.35. The largest absolute Gasteiger partial charge is 0.495 e. The van der Waals surface area contributed by atoms with Gasteiger partial charge in [-0.1, -0.05) is 13.2 Å². The van der Waals surface area contributed by atoms with E-state index in [1.165, 1.54) is 0 Å². The molecule has 0 unspecified atom stereocenters. The van der Waals surface area contributed by atoms with Gasteiger partial charge in [-0.25, -0.2) is 4.98 Å². The van der Waals surface area contributed by atoms with Crippen LogP contribution in [0, 0.1) is 6.92 Å². The fourth-order valence-electron chi connectivity index (χ4n) is 1.29. The van der Waals surface area contributed by atoms with Crippen molar-refractivity contribution in [2.75, 3.05) is 25.2 Å². The minimum Gasteiger partial charge on any atom is -0.495 e. The van der Waals surface area contributed by atoms with Gasteiger partial charge in [0.25, 0.3) is 0 Å². The standard InChI is InChI=1S/C13H18BrN3O2/c1-9(2)18-6-7-19-13-15-8-10(3)12(16-13)17(5)11(4)14/h8H,1,4,6-7H2,2-3,5H3. The zero-order chi connectivity index (χ0) is 14.4. The number of anilines is 1. The predicted molar refractivity (Wildman–Crippen MR) is 79.5 cm³/mol. The highest BCUT2D eigenvalue weighted by Crippen LogP contribution is 2.22. The van der Waals surface area contributed by atoms with Crippen LogP contribution in [0.3, 0.4) is 0 Å². The van der Waals surface area contributed by atoms with Crippen LogP contribution < -0.4 is 9.64 Å². The van der Waals surface area contributed by atoms with Crippen molar-refractivity contribution in [3.05, 3.63) is 35.3 Å². The summed E-state index contributed by atoms with van der Waals surface area (Å²) in [6, 6.07) is 0.312. The lowest BCUT2D eigenvalue weighted by molar-refractivity contribution is 0.152. The molecular weight excluding hydrogens is 310 g/mol. The first-order valence-electron chi connectivity index (χ1n) is 5.74. The first kappa shape index (κ1) is 15.5. The van der Waals surface area contributed by atoms with Crippen molar-refractivity contribution in [3.63, 3.8) is 0 Å². The molecule has 0 aliphatic rings. The van der Waals surface area contributed by atoms with Crippen molar-refractivity contribution in [3.8, 4) is 6.01 Å². The zero-order valence-corrected chi connectivity index (χ0v) is 13.0. The van der Waals surface area contributed by atoms with Crippen LogP contribution in [0.5, 0.6) is 6.01 Å². The highest BCUT2D eigenvalue weighted by molar-refractivity contribution is 9.11. The molecule has 0 bridgehead atoms. The van der Waals surface area contributed by atoms with E-state index >= 15 is 0 Å². The van der Waals surface area contributed by atoms with Crippen LogP contribution in [0.25, 0.3) is 0 Å². The summed E-state index contributed by atoms with van der Waals surface area (Å²) in [5.41, 5.74) is 0.939. The van der Waals surface area contributed by atoms with Crippen molar-refractivity contribution in [1.82, 2.24) is 9.97 Å². The summed E-state index contributed by atoms with van der Waals surface area (Å²) >= 11 is 3.32. The maximum Gasteiger partial charge on any atom is 0.318 e. The topological polar surface area (TPSA) is 47.5 Å². The monoisotopic (exact) mass is 327 g/mol. The number of aromatic nitrogens is 2. The summed E-state index contributed by atoms with van der Waals surface area (Å²) in [6.07, 6.45) is 1.71. The highest BCUT2D eigenvalue weighted by atomic mass is 79.9. The molecule has 104 valence electrons. The minimum atomic E-state index is 0.312. The van der Waals surface area contributed by atoms with Gasteiger partial charge in [-0.15, -0.1) is 0 Å². The van der Waals surface area contributed by atoms with E-state index in [-0.39, 0.29) is 0 Å². The van der Waals surface area contributed by atoms with Crippen molar-refractivity contribution in [2.45, 2.75) is 13.8 Å². The lowest BCUT2D eigenvalue weighted by Gasteiger charge is -2.18. The van der Waals surface area contributed by atoms with Crippen LogP contribution in [0.2, 0.25) is 0 Å². The van der Waals surface area contributed by atoms with Crippen LogP contribution >= 0.6 is 15.9 Å². The second-order valence-electron chi connectivity index (χ2n) is 3.99. The molecule has 5 nitrogen and oxygen atoms in total. The van der Waals surface area contributed by atoms with E-state index in [4.69, 9.17) is 9.47 Å². The Labute approximate surface area is 122 Å². The molecule has 1 aromatic heterocycles. The number of allylic oxidation sites excluding steroid dienone is 1. The Bertz CT molecular complexity index is 477.